The highest BCUT2D eigenvalue weighted by Crippen LogP contribution is 2.34. The SMILES string of the molecule is COc1ccc(CCN2C(=O)N[C@](NC(C)=O)(C(F)(F)F)C2=O)cc1OC. The molecule has 2 N–H and O–H groups in total. The van der Waals surface area contributed by atoms with Gasteiger partial charge in [0.05, 0.1) is 14.2 Å². The fourth-order valence-corrected chi connectivity index (χ4v) is 2.67. The summed E-state index contributed by atoms with van der Waals surface area (Å²) < 4.78 is 50.5. The maximum atomic E-state index is 13.4. The molecule has 11 heteroatoms. The first-order valence-electron chi connectivity index (χ1n) is 7.76. The number of imide groups is 1. The van der Waals surface area contributed by atoms with Gasteiger partial charge in [0, 0.05) is 13.5 Å². The van der Waals surface area contributed by atoms with Gasteiger partial charge in [-0.3, -0.25) is 19.8 Å². The lowest BCUT2D eigenvalue weighted by Crippen LogP contribution is -2.69. The topological polar surface area (TPSA) is 97.0 Å². The lowest BCUT2D eigenvalue weighted by Gasteiger charge is -2.29. The molecule has 1 aromatic rings. The summed E-state index contributed by atoms with van der Waals surface area (Å²) in [6.07, 6.45) is -5.13. The highest BCUT2D eigenvalue weighted by Gasteiger charge is 2.68. The Morgan fingerprint density at radius 1 is 1.22 bits per heavy atom. The van der Waals surface area contributed by atoms with Crippen molar-refractivity contribution >= 4 is 17.8 Å². The quantitative estimate of drug-likeness (QED) is 0.713. The average Bonchev–Trinajstić information content (AvgIpc) is 2.83. The molecule has 0 unspecified atom stereocenters. The molecular formula is C16H18F3N3O5. The van der Waals surface area contributed by atoms with Crippen molar-refractivity contribution in [1.82, 2.24) is 15.5 Å². The number of alkyl halides is 3. The molecule has 1 aromatic carbocycles. The summed E-state index contributed by atoms with van der Waals surface area (Å²) in [6, 6.07) is 3.57. The number of benzene rings is 1. The van der Waals surface area contributed by atoms with Gasteiger partial charge in [-0.2, -0.15) is 13.2 Å². The van der Waals surface area contributed by atoms with Gasteiger partial charge in [0.2, 0.25) is 5.91 Å². The van der Waals surface area contributed by atoms with E-state index in [9.17, 15) is 27.6 Å². The van der Waals surface area contributed by atoms with Crippen LogP contribution < -0.4 is 20.1 Å². The fourth-order valence-electron chi connectivity index (χ4n) is 2.67. The number of nitrogens with one attached hydrogen (secondary N) is 2. The molecule has 0 aliphatic carbocycles. The molecule has 2 rings (SSSR count). The van der Waals surface area contributed by atoms with E-state index in [0.717, 1.165) is 6.92 Å². The van der Waals surface area contributed by atoms with Crippen molar-refractivity contribution in [3.8, 4) is 11.5 Å². The molecule has 4 amide bonds. The minimum atomic E-state index is -5.20. The zero-order chi connectivity index (χ0) is 20.4. The van der Waals surface area contributed by atoms with E-state index in [-0.39, 0.29) is 13.0 Å². The Kier molecular flexibility index (Phi) is 5.52. The van der Waals surface area contributed by atoms with E-state index >= 15 is 0 Å². The van der Waals surface area contributed by atoms with Gasteiger partial charge in [0.15, 0.2) is 11.5 Å². The number of methoxy groups -OCH3 is 2. The van der Waals surface area contributed by atoms with Crippen molar-refractivity contribution in [3.63, 3.8) is 0 Å². The van der Waals surface area contributed by atoms with Gasteiger partial charge >= 0.3 is 12.2 Å². The molecule has 1 atom stereocenters. The normalized spacial score (nSPS) is 19.7. The van der Waals surface area contributed by atoms with E-state index in [1.54, 1.807) is 23.5 Å². The van der Waals surface area contributed by atoms with Crippen LogP contribution in [0, 0.1) is 0 Å². The molecule has 1 aliphatic rings. The minimum absolute atomic E-state index is 0.0769. The van der Waals surface area contributed by atoms with E-state index in [2.05, 4.69) is 0 Å². The summed E-state index contributed by atoms with van der Waals surface area (Å²) in [5.74, 6) is -1.84. The number of amides is 4. The van der Waals surface area contributed by atoms with Gasteiger partial charge in [0.25, 0.3) is 11.6 Å². The number of hydrogen-bond acceptors (Lipinski definition) is 5. The zero-order valence-electron chi connectivity index (χ0n) is 14.8. The number of carbonyl (C=O) groups excluding carboxylic acids is 3. The van der Waals surface area contributed by atoms with Crippen molar-refractivity contribution < 1.29 is 37.0 Å². The van der Waals surface area contributed by atoms with E-state index in [1.807, 2.05) is 0 Å². The Morgan fingerprint density at radius 3 is 2.37 bits per heavy atom. The van der Waals surface area contributed by atoms with Crippen LogP contribution in [0.25, 0.3) is 0 Å². The second kappa shape index (κ2) is 7.33. The maximum absolute atomic E-state index is 13.4. The highest BCUT2D eigenvalue weighted by molar-refractivity contribution is 6.08. The third kappa shape index (κ3) is 3.76. The first-order valence-corrected chi connectivity index (χ1v) is 7.76. The van der Waals surface area contributed by atoms with E-state index in [4.69, 9.17) is 9.47 Å². The van der Waals surface area contributed by atoms with Crippen LogP contribution in [-0.4, -0.2) is 55.3 Å². The van der Waals surface area contributed by atoms with Gasteiger partial charge in [-0.25, -0.2) is 4.79 Å². The van der Waals surface area contributed by atoms with E-state index < -0.39 is 29.7 Å². The van der Waals surface area contributed by atoms with Crippen LogP contribution in [0.4, 0.5) is 18.0 Å². The predicted molar refractivity (Wildman–Crippen MR) is 86.1 cm³/mol. The first kappa shape index (κ1) is 20.3. The molecular weight excluding hydrogens is 371 g/mol. The Balaban J connectivity index is 2.21. The standard InChI is InChI=1S/C16H18F3N3O5/c1-9(23)20-15(16(17,18)19)13(24)22(14(25)21-15)7-6-10-4-5-11(26-2)12(8-10)27-3/h4-5,8H,6-7H2,1-3H3,(H,20,23)(H,21,25)/t15-/m0/s1. The number of urea groups is 1. The van der Waals surface area contributed by atoms with Crippen LogP contribution in [0.1, 0.15) is 12.5 Å². The van der Waals surface area contributed by atoms with Gasteiger partial charge < -0.3 is 14.8 Å². The third-order valence-electron chi connectivity index (χ3n) is 3.97. The lowest BCUT2D eigenvalue weighted by molar-refractivity contribution is -0.203. The van der Waals surface area contributed by atoms with Crippen LogP contribution >= 0.6 is 0 Å². The molecule has 1 aliphatic heterocycles. The molecule has 1 heterocycles. The largest absolute Gasteiger partial charge is 0.493 e. The monoisotopic (exact) mass is 389 g/mol. The average molecular weight is 389 g/mol. The minimum Gasteiger partial charge on any atom is -0.493 e. The zero-order valence-corrected chi connectivity index (χ0v) is 14.8. The molecule has 0 spiro atoms. The molecule has 0 radical (unpaired) electrons. The van der Waals surface area contributed by atoms with Gasteiger partial charge in [-0.05, 0) is 24.1 Å². The molecule has 8 nitrogen and oxygen atoms in total. The smallest absolute Gasteiger partial charge is 0.440 e. The number of ether oxygens (including phenoxy) is 2. The summed E-state index contributed by atoms with van der Waals surface area (Å²) in [5, 5.41) is 3.06. The van der Waals surface area contributed by atoms with Crippen LogP contribution in [0.15, 0.2) is 18.2 Å². The molecule has 0 bridgehead atoms. The highest BCUT2D eigenvalue weighted by atomic mass is 19.4. The number of nitrogens with zero attached hydrogens (tertiary/aromatic N) is 1. The number of carbonyl (C=O) groups is 3. The van der Waals surface area contributed by atoms with Crippen molar-refractivity contribution in [2.24, 2.45) is 0 Å². The summed E-state index contributed by atoms with van der Waals surface area (Å²) in [7, 11) is 2.87. The van der Waals surface area contributed by atoms with Crippen LogP contribution in [-0.2, 0) is 16.0 Å². The lowest BCUT2D eigenvalue weighted by atomic mass is 10.1. The number of hydrogen-bond donors (Lipinski definition) is 2. The van der Waals surface area contributed by atoms with Crippen molar-refractivity contribution in [2.45, 2.75) is 25.2 Å². The number of halogens is 3. The van der Waals surface area contributed by atoms with Crippen molar-refractivity contribution in [3.05, 3.63) is 23.8 Å². The molecule has 27 heavy (non-hydrogen) atoms. The Labute approximate surface area is 152 Å². The number of rotatable bonds is 6. The van der Waals surface area contributed by atoms with Crippen LogP contribution in [0.5, 0.6) is 11.5 Å². The van der Waals surface area contributed by atoms with Gasteiger partial charge in [0.1, 0.15) is 0 Å². The second-order valence-corrected chi connectivity index (χ2v) is 5.76. The summed E-state index contributed by atoms with van der Waals surface area (Å²) >= 11 is 0. The fraction of sp³-hybridized carbons (Fsp3) is 0.438. The molecule has 1 saturated heterocycles. The molecule has 0 aromatic heterocycles. The summed E-state index contributed by atoms with van der Waals surface area (Å²) in [5.41, 5.74) is -2.86. The Hall–Kier alpha value is -2.98. The third-order valence-corrected chi connectivity index (χ3v) is 3.97. The maximum Gasteiger partial charge on any atom is 0.440 e. The predicted octanol–water partition coefficient (Wildman–Crippen LogP) is 1.19. The van der Waals surface area contributed by atoms with E-state index in [0.29, 0.717) is 22.0 Å². The van der Waals surface area contributed by atoms with E-state index in [1.165, 1.54) is 19.5 Å². The Morgan fingerprint density at radius 2 is 1.85 bits per heavy atom. The first-order chi connectivity index (χ1) is 12.6. The summed E-state index contributed by atoms with van der Waals surface area (Å²) in [6.45, 7) is 0.497. The molecule has 1 fully saturated rings. The molecule has 0 saturated carbocycles. The van der Waals surface area contributed by atoms with Gasteiger partial charge in [-0.15, -0.1) is 0 Å². The van der Waals surface area contributed by atoms with Gasteiger partial charge in [-0.1, -0.05) is 6.07 Å². The van der Waals surface area contributed by atoms with Crippen molar-refractivity contribution in [1.29, 1.82) is 0 Å². The van der Waals surface area contributed by atoms with Crippen LogP contribution in [0.3, 0.4) is 0 Å². The summed E-state index contributed by atoms with van der Waals surface area (Å²) in [4.78, 5) is 35.9. The van der Waals surface area contributed by atoms with Crippen molar-refractivity contribution in [2.75, 3.05) is 20.8 Å². The Bertz CT molecular complexity index is 768. The van der Waals surface area contributed by atoms with Crippen LogP contribution in [0.2, 0.25) is 0 Å². The molecule has 148 valence electrons. The second-order valence-electron chi connectivity index (χ2n) is 5.76.